The van der Waals surface area contributed by atoms with Crippen molar-refractivity contribution in [2.75, 3.05) is 7.11 Å². The number of unbranched alkanes of at least 4 members (excludes halogenated alkanes) is 7. The molecule has 0 aliphatic heterocycles. The lowest BCUT2D eigenvalue weighted by molar-refractivity contribution is -0.147. The molecule has 3 rings (SSSR count). The molecular weight excluding hydrogens is 492 g/mol. The van der Waals surface area contributed by atoms with Crippen molar-refractivity contribution in [3.8, 4) is 11.5 Å². The summed E-state index contributed by atoms with van der Waals surface area (Å²) in [6.45, 7) is 3.84. The molecule has 1 aliphatic carbocycles. The van der Waals surface area contributed by atoms with Crippen LogP contribution < -0.4 is 9.47 Å². The fourth-order valence-corrected chi connectivity index (χ4v) is 4.86. The van der Waals surface area contributed by atoms with Gasteiger partial charge in [0.15, 0.2) is 11.9 Å². The average Bonchev–Trinajstić information content (AvgIpc) is 2.95. The zero-order chi connectivity index (χ0) is 28.0. The van der Waals surface area contributed by atoms with Gasteiger partial charge in [-0.25, -0.2) is 9.59 Å². The molecule has 1 aliphatic rings. The summed E-state index contributed by atoms with van der Waals surface area (Å²) >= 11 is 0. The quantitative estimate of drug-likeness (QED) is 0.132. The Hall–Kier alpha value is -3.41. The maximum atomic E-state index is 12.7. The SMILES string of the molecule is CCCCCCCCCCC1CCC(c2ccc(C(=O)Oc3ccc(OC(C)C(=O)OC)cc3)cc2)=CC1=O. The van der Waals surface area contributed by atoms with Crippen LogP contribution in [0.4, 0.5) is 0 Å². The average molecular weight is 535 g/mol. The molecule has 6 heteroatoms. The minimum Gasteiger partial charge on any atom is -0.479 e. The van der Waals surface area contributed by atoms with E-state index in [0.717, 1.165) is 36.8 Å². The number of esters is 2. The predicted molar refractivity (Wildman–Crippen MR) is 153 cm³/mol. The second-order valence-electron chi connectivity index (χ2n) is 10.3. The van der Waals surface area contributed by atoms with E-state index in [2.05, 4.69) is 11.7 Å². The van der Waals surface area contributed by atoms with E-state index >= 15 is 0 Å². The lowest BCUT2D eigenvalue weighted by Crippen LogP contribution is -2.24. The molecule has 0 radical (unpaired) electrons. The first-order valence-corrected chi connectivity index (χ1v) is 14.3. The van der Waals surface area contributed by atoms with E-state index in [4.69, 9.17) is 9.47 Å². The van der Waals surface area contributed by atoms with Crippen molar-refractivity contribution < 1.29 is 28.6 Å². The van der Waals surface area contributed by atoms with Gasteiger partial charge in [0.05, 0.1) is 12.7 Å². The number of allylic oxidation sites excluding steroid dienone is 2. The Bertz CT molecular complexity index is 1100. The van der Waals surface area contributed by atoms with Crippen LogP contribution in [0.3, 0.4) is 0 Å². The molecule has 0 amide bonds. The number of hydrogen-bond donors (Lipinski definition) is 0. The summed E-state index contributed by atoms with van der Waals surface area (Å²) in [5.41, 5.74) is 2.42. The molecule has 0 spiro atoms. The highest BCUT2D eigenvalue weighted by atomic mass is 16.6. The molecule has 210 valence electrons. The molecule has 0 saturated carbocycles. The molecule has 0 N–H and O–H groups in total. The number of carbonyl (C=O) groups excluding carboxylic acids is 3. The number of ketones is 1. The van der Waals surface area contributed by atoms with Gasteiger partial charge in [0, 0.05) is 5.92 Å². The zero-order valence-electron chi connectivity index (χ0n) is 23.6. The number of hydrogen-bond acceptors (Lipinski definition) is 6. The Labute approximate surface area is 232 Å². The van der Waals surface area contributed by atoms with Crippen molar-refractivity contribution in [3.63, 3.8) is 0 Å². The number of benzene rings is 2. The lowest BCUT2D eigenvalue weighted by atomic mass is 9.83. The van der Waals surface area contributed by atoms with Gasteiger partial charge in [-0.1, -0.05) is 70.4 Å². The predicted octanol–water partition coefficient (Wildman–Crippen LogP) is 7.74. The maximum Gasteiger partial charge on any atom is 0.346 e. The summed E-state index contributed by atoms with van der Waals surface area (Å²) in [6, 6.07) is 13.7. The van der Waals surface area contributed by atoms with E-state index < -0.39 is 18.0 Å². The van der Waals surface area contributed by atoms with Gasteiger partial charge < -0.3 is 14.2 Å². The fraction of sp³-hybridized carbons (Fsp3) is 0.485. The molecular formula is C33H42O6. The third-order valence-corrected chi connectivity index (χ3v) is 7.26. The highest BCUT2D eigenvalue weighted by Gasteiger charge is 2.23. The number of carbonyl (C=O) groups is 3. The van der Waals surface area contributed by atoms with E-state index in [1.807, 2.05) is 12.1 Å². The summed E-state index contributed by atoms with van der Waals surface area (Å²) in [6.07, 6.45) is 14.0. The van der Waals surface area contributed by atoms with E-state index in [-0.39, 0.29) is 11.7 Å². The molecule has 0 heterocycles. The maximum absolute atomic E-state index is 12.7. The van der Waals surface area contributed by atoms with Gasteiger partial charge in [0.25, 0.3) is 0 Å². The smallest absolute Gasteiger partial charge is 0.346 e. The summed E-state index contributed by atoms with van der Waals surface area (Å²) in [7, 11) is 1.30. The van der Waals surface area contributed by atoms with Crippen molar-refractivity contribution in [1.82, 2.24) is 0 Å². The van der Waals surface area contributed by atoms with Crippen LogP contribution >= 0.6 is 0 Å². The van der Waals surface area contributed by atoms with Crippen LogP contribution in [0.1, 0.15) is 100 Å². The molecule has 0 saturated heterocycles. The van der Waals surface area contributed by atoms with Crippen molar-refractivity contribution in [2.45, 2.75) is 90.6 Å². The van der Waals surface area contributed by atoms with Crippen molar-refractivity contribution >= 4 is 23.3 Å². The fourth-order valence-electron chi connectivity index (χ4n) is 4.86. The molecule has 0 aromatic heterocycles. The Kier molecular flexibility index (Phi) is 12.3. The summed E-state index contributed by atoms with van der Waals surface area (Å²) in [5.74, 6) is 0.260. The normalized spacial score (nSPS) is 15.8. The van der Waals surface area contributed by atoms with Crippen LogP contribution in [-0.4, -0.2) is 30.9 Å². The Morgan fingerprint density at radius 2 is 1.49 bits per heavy atom. The molecule has 0 bridgehead atoms. The van der Waals surface area contributed by atoms with Crippen LogP contribution in [0.25, 0.3) is 5.57 Å². The molecule has 2 aromatic rings. The van der Waals surface area contributed by atoms with Crippen LogP contribution in [0, 0.1) is 5.92 Å². The van der Waals surface area contributed by atoms with Gasteiger partial charge in [-0.3, -0.25) is 4.79 Å². The summed E-state index contributed by atoms with van der Waals surface area (Å²) in [4.78, 5) is 36.9. The highest BCUT2D eigenvalue weighted by molar-refractivity contribution is 6.00. The van der Waals surface area contributed by atoms with Gasteiger partial charge >= 0.3 is 11.9 Å². The highest BCUT2D eigenvalue weighted by Crippen LogP contribution is 2.31. The second-order valence-corrected chi connectivity index (χ2v) is 10.3. The molecule has 6 nitrogen and oxygen atoms in total. The largest absolute Gasteiger partial charge is 0.479 e. The minimum atomic E-state index is -0.739. The van der Waals surface area contributed by atoms with Gasteiger partial charge in [-0.15, -0.1) is 0 Å². The van der Waals surface area contributed by atoms with E-state index in [0.29, 0.717) is 17.1 Å². The molecule has 39 heavy (non-hydrogen) atoms. The van der Waals surface area contributed by atoms with Crippen molar-refractivity contribution in [3.05, 3.63) is 65.7 Å². The Morgan fingerprint density at radius 1 is 0.872 bits per heavy atom. The van der Waals surface area contributed by atoms with Gasteiger partial charge in [0.2, 0.25) is 0 Å². The van der Waals surface area contributed by atoms with Crippen LogP contribution in [0.2, 0.25) is 0 Å². The standard InChI is InChI=1S/C33H42O6/c1-4-5-6-7-8-9-10-11-12-26-15-18-28(23-31(26)34)25-13-16-27(17-14-25)33(36)39-30-21-19-29(20-22-30)38-24(2)32(35)37-3/h13-14,16-17,19-24,26H,4-12,15,18H2,1-3H3. The molecule has 2 aromatic carbocycles. The Morgan fingerprint density at radius 3 is 2.10 bits per heavy atom. The molecule has 2 unspecified atom stereocenters. The van der Waals surface area contributed by atoms with E-state index in [1.54, 1.807) is 49.4 Å². The van der Waals surface area contributed by atoms with Crippen LogP contribution in [0.5, 0.6) is 11.5 Å². The number of methoxy groups -OCH3 is 1. The first kappa shape index (κ1) is 30.1. The van der Waals surface area contributed by atoms with Gasteiger partial charge in [-0.05, 0) is 79.8 Å². The van der Waals surface area contributed by atoms with E-state index in [9.17, 15) is 14.4 Å². The van der Waals surface area contributed by atoms with Crippen molar-refractivity contribution in [2.24, 2.45) is 5.92 Å². The molecule has 2 atom stereocenters. The molecule has 0 fully saturated rings. The minimum absolute atomic E-state index is 0.142. The van der Waals surface area contributed by atoms with E-state index in [1.165, 1.54) is 52.1 Å². The monoisotopic (exact) mass is 534 g/mol. The first-order valence-electron chi connectivity index (χ1n) is 14.3. The van der Waals surface area contributed by atoms with Crippen LogP contribution in [-0.2, 0) is 14.3 Å². The third-order valence-electron chi connectivity index (χ3n) is 7.26. The first-order chi connectivity index (χ1) is 18.9. The topological polar surface area (TPSA) is 78.9 Å². The summed E-state index contributed by atoms with van der Waals surface area (Å²) < 4.78 is 15.6. The van der Waals surface area contributed by atoms with Gasteiger partial charge in [0.1, 0.15) is 11.5 Å². The third kappa shape index (κ3) is 9.68. The van der Waals surface area contributed by atoms with Gasteiger partial charge in [-0.2, -0.15) is 0 Å². The zero-order valence-corrected chi connectivity index (χ0v) is 23.6. The summed E-state index contributed by atoms with van der Waals surface area (Å²) in [5, 5.41) is 0. The number of rotatable bonds is 15. The van der Waals surface area contributed by atoms with Crippen molar-refractivity contribution in [1.29, 1.82) is 0 Å². The lowest BCUT2D eigenvalue weighted by Gasteiger charge is -2.21. The van der Waals surface area contributed by atoms with Crippen LogP contribution in [0.15, 0.2) is 54.6 Å². The number of ether oxygens (including phenoxy) is 3. The Balaban J connectivity index is 1.45. The second kappa shape index (κ2) is 15.9.